The maximum absolute atomic E-state index is 12.3. The van der Waals surface area contributed by atoms with Gasteiger partial charge in [0.15, 0.2) is 0 Å². The average molecular weight is 315 g/mol. The van der Waals surface area contributed by atoms with Crippen LogP contribution in [0.3, 0.4) is 0 Å². The van der Waals surface area contributed by atoms with Crippen LogP contribution in [-0.2, 0) is 11.3 Å². The Kier molecular flexibility index (Phi) is 4.84. The van der Waals surface area contributed by atoms with Crippen molar-refractivity contribution < 1.29 is 9.59 Å². The van der Waals surface area contributed by atoms with Crippen LogP contribution in [0.4, 0.5) is 4.79 Å². The zero-order valence-corrected chi connectivity index (χ0v) is 13.7. The first kappa shape index (κ1) is 15.8. The molecule has 1 unspecified atom stereocenters. The number of rotatable bonds is 3. The molecule has 2 aliphatic rings. The topological polar surface area (TPSA) is 52.7 Å². The highest BCUT2D eigenvalue weighted by Crippen LogP contribution is 2.18. The molecule has 23 heavy (non-hydrogen) atoms. The van der Waals surface area contributed by atoms with E-state index in [1.807, 2.05) is 40.1 Å². The number of nitrogens with one attached hydrogen (secondary N) is 1. The van der Waals surface area contributed by atoms with Crippen molar-refractivity contribution in [2.24, 2.45) is 5.92 Å². The van der Waals surface area contributed by atoms with E-state index in [0.717, 1.165) is 31.5 Å². The van der Waals surface area contributed by atoms with Gasteiger partial charge in [0.25, 0.3) is 0 Å². The molecule has 0 saturated carbocycles. The van der Waals surface area contributed by atoms with Crippen molar-refractivity contribution in [2.45, 2.75) is 38.8 Å². The Labute approximate surface area is 137 Å². The molecule has 5 heteroatoms. The largest absolute Gasteiger partial charge is 0.336 e. The third kappa shape index (κ3) is 4.03. The van der Waals surface area contributed by atoms with Gasteiger partial charge in [0.1, 0.15) is 0 Å². The lowest BCUT2D eigenvalue weighted by Crippen LogP contribution is -2.48. The van der Waals surface area contributed by atoms with Gasteiger partial charge < -0.3 is 15.1 Å². The molecule has 5 nitrogen and oxygen atoms in total. The smallest absolute Gasteiger partial charge is 0.317 e. The van der Waals surface area contributed by atoms with E-state index in [2.05, 4.69) is 12.2 Å². The fourth-order valence-corrected chi connectivity index (χ4v) is 3.30. The fourth-order valence-electron chi connectivity index (χ4n) is 3.30. The van der Waals surface area contributed by atoms with Crippen molar-refractivity contribution in [3.05, 3.63) is 35.9 Å². The number of benzene rings is 1. The first-order valence-corrected chi connectivity index (χ1v) is 8.49. The van der Waals surface area contributed by atoms with Crippen LogP contribution in [0.1, 0.15) is 31.7 Å². The summed E-state index contributed by atoms with van der Waals surface area (Å²) in [6, 6.07) is 9.88. The molecule has 0 aromatic heterocycles. The molecule has 1 aromatic carbocycles. The van der Waals surface area contributed by atoms with Crippen molar-refractivity contribution >= 4 is 11.9 Å². The standard InChI is InChI=1S/C18H25N3O2/c1-14-7-9-20(10-8-14)18(23)19-16-11-17(22)21(13-16)12-15-5-3-2-4-6-15/h2-6,14,16H,7-13H2,1H3,(H,19,23). The number of carbonyl (C=O) groups excluding carboxylic acids is 2. The van der Waals surface area contributed by atoms with Gasteiger partial charge in [-0.1, -0.05) is 37.3 Å². The number of likely N-dealkylation sites (tertiary alicyclic amines) is 2. The van der Waals surface area contributed by atoms with Crippen LogP contribution in [-0.4, -0.2) is 47.4 Å². The van der Waals surface area contributed by atoms with Gasteiger partial charge in [-0.05, 0) is 24.3 Å². The Balaban J connectivity index is 1.50. The molecule has 0 radical (unpaired) electrons. The van der Waals surface area contributed by atoms with Crippen LogP contribution >= 0.6 is 0 Å². The molecule has 1 aromatic rings. The fraction of sp³-hybridized carbons (Fsp3) is 0.556. The summed E-state index contributed by atoms with van der Waals surface area (Å²) in [6.45, 7) is 5.09. The Hall–Kier alpha value is -2.04. The van der Waals surface area contributed by atoms with E-state index in [-0.39, 0.29) is 18.0 Å². The van der Waals surface area contributed by atoms with Gasteiger partial charge in [-0.3, -0.25) is 4.79 Å². The van der Waals surface area contributed by atoms with Gasteiger partial charge in [-0.2, -0.15) is 0 Å². The highest BCUT2D eigenvalue weighted by Gasteiger charge is 2.32. The SMILES string of the molecule is CC1CCN(C(=O)NC2CC(=O)N(Cc3ccccc3)C2)CC1. The predicted octanol–water partition coefficient (Wildman–Crippen LogP) is 2.23. The van der Waals surface area contributed by atoms with E-state index in [0.29, 0.717) is 25.4 Å². The highest BCUT2D eigenvalue weighted by atomic mass is 16.2. The van der Waals surface area contributed by atoms with Crippen molar-refractivity contribution in [1.29, 1.82) is 0 Å². The first-order valence-electron chi connectivity index (χ1n) is 8.49. The van der Waals surface area contributed by atoms with Crippen LogP contribution < -0.4 is 5.32 Å². The number of carbonyl (C=O) groups is 2. The lowest BCUT2D eigenvalue weighted by Gasteiger charge is -2.31. The second-order valence-electron chi connectivity index (χ2n) is 6.78. The van der Waals surface area contributed by atoms with E-state index in [9.17, 15) is 9.59 Å². The van der Waals surface area contributed by atoms with Crippen molar-refractivity contribution in [3.63, 3.8) is 0 Å². The number of urea groups is 1. The first-order chi connectivity index (χ1) is 11.1. The van der Waals surface area contributed by atoms with Gasteiger partial charge in [-0.25, -0.2) is 4.79 Å². The zero-order chi connectivity index (χ0) is 16.2. The molecule has 0 spiro atoms. The average Bonchev–Trinajstić information content (AvgIpc) is 2.88. The van der Waals surface area contributed by atoms with Crippen LogP contribution in [0, 0.1) is 5.92 Å². The van der Waals surface area contributed by atoms with E-state index >= 15 is 0 Å². The lowest BCUT2D eigenvalue weighted by atomic mass is 10.00. The second-order valence-corrected chi connectivity index (χ2v) is 6.78. The summed E-state index contributed by atoms with van der Waals surface area (Å²) in [6.07, 6.45) is 2.54. The second kappa shape index (κ2) is 7.02. The summed E-state index contributed by atoms with van der Waals surface area (Å²) in [5.74, 6) is 0.819. The minimum absolute atomic E-state index is 0.0174. The van der Waals surface area contributed by atoms with Crippen molar-refractivity contribution in [1.82, 2.24) is 15.1 Å². The lowest BCUT2D eigenvalue weighted by molar-refractivity contribution is -0.128. The predicted molar refractivity (Wildman–Crippen MR) is 88.8 cm³/mol. The van der Waals surface area contributed by atoms with Crippen molar-refractivity contribution in [3.8, 4) is 0 Å². The maximum atomic E-state index is 12.3. The number of hydrogen-bond donors (Lipinski definition) is 1. The van der Waals surface area contributed by atoms with E-state index < -0.39 is 0 Å². The number of nitrogens with zero attached hydrogens (tertiary/aromatic N) is 2. The molecule has 0 aliphatic carbocycles. The summed E-state index contributed by atoms with van der Waals surface area (Å²) < 4.78 is 0. The minimum Gasteiger partial charge on any atom is -0.336 e. The van der Waals surface area contributed by atoms with Gasteiger partial charge in [0, 0.05) is 32.6 Å². The summed E-state index contributed by atoms with van der Waals surface area (Å²) in [4.78, 5) is 28.2. The third-order valence-electron chi connectivity index (χ3n) is 4.83. The van der Waals surface area contributed by atoms with Crippen LogP contribution in [0.15, 0.2) is 30.3 Å². The molecule has 0 bridgehead atoms. The number of piperidine rings is 1. The van der Waals surface area contributed by atoms with E-state index in [1.54, 1.807) is 0 Å². The highest BCUT2D eigenvalue weighted by molar-refractivity contribution is 5.81. The minimum atomic E-state index is -0.0712. The van der Waals surface area contributed by atoms with Gasteiger partial charge in [-0.15, -0.1) is 0 Å². The van der Waals surface area contributed by atoms with E-state index in [1.165, 1.54) is 0 Å². The molecule has 3 amide bonds. The third-order valence-corrected chi connectivity index (χ3v) is 4.83. The Morgan fingerprint density at radius 3 is 2.61 bits per heavy atom. The maximum Gasteiger partial charge on any atom is 0.317 e. The molecular weight excluding hydrogens is 290 g/mol. The Morgan fingerprint density at radius 2 is 1.91 bits per heavy atom. The van der Waals surface area contributed by atoms with Gasteiger partial charge in [0.05, 0.1) is 6.04 Å². The molecule has 124 valence electrons. The Bertz CT molecular complexity index is 553. The number of amides is 3. The molecule has 1 N–H and O–H groups in total. The molecule has 2 heterocycles. The van der Waals surface area contributed by atoms with Gasteiger partial charge >= 0.3 is 6.03 Å². The molecular formula is C18H25N3O2. The molecule has 1 atom stereocenters. The van der Waals surface area contributed by atoms with Crippen molar-refractivity contribution in [2.75, 3.05) is 19.6 Å². The van der Waals surface area contributed by atoms with E-state index in [4.69, 9.17) is 0 Å². The van der Waals surface area contributed by atoms with Crippen LogP contribution in [0.5, 0.6) is 0 Å². The molecule has 3 rings (SSSR count). The van der Waals surface area contributed by atoms with Crippen LogP contribution in [0.25, 0.3) is 0 Å². The summed E-state index contributed by atoms with van der Waals surface area (Å²) in [5.41, 5.74) is 1.12. The molecule has 2 aliphatic heterocycles. The van der Waals surface area contributed by atoms with Gasteiger partial charge in [0.2, 0.25) is 5.91 Å². The van der Waals surface area contributed by atoms with Crippen LogP contribution in [0.2, 0.25) is 0 Å². The number of hydrogen-bond acceptors (Lipinski definition) is 2. The summed E-state index contributed by atoms with van der Waals surface area (Å²) >= 11 is 0. The normalized spacial score (nSPS) is 22.5. The molecule has 2 saturated heterocycles. The Morgan fingerprint density at radius 1 is 1.22 bits per heavy atom. The quantitative estimate of drug-likeness (QED) is 0.930. The zero-order valence-electron chi connectivity index (χ0n) is 13.7. The monoisotopic (exact) mass is 315 g/mol. The summed E-state index contributed by atoms with van der Waals surface area (Å²) in [5, 5.41) is 3.03. The summed E-state index contributed by atoms with van der Waals surface area (Å²) in [7, 11) is 0. The molecule has 2 fully saturated rings.